The molecule has 164 valence electrons. The number of nitrogens with one attached hydrogen (secondary N) is 2. The molecule has 0 aliphatic carbocycles. The van der Waals surface area contributed by atoms with Crippen LogP contribution < -0.4 is 15.4 Å². The highest BCUT2D eigenvalue weighted by Crippen LogP contribution is 2.26. The molecular weight excluding hydrogens is 394 g/mol. The van der Waals surface area contributed by atoms with Crippen LogP contribution in [-0.2, 0) is 16.0 Å². The van der Waals surface area contributed by atoms with Crippen molar-refractivity contribution in [2.75, 3.05) is 19.0 Å². The van der Waals surface area contributed by atoms with Crippen LogP contribution in [0.25, 0.3) is 0 Å². The van der Waals surface area contributed by atoms with Gasteiger partial charge in [0.1, 0.15) is 17.8 Å². The van der Waals surface area contributed by atoms with Gasteiger partial charge in [-0.3, -0.25) is 14.5 Å². The first kappa shape index (κ1) is 22.3. The molecule has 7 nitrogen and oxygen atoms in total. The van der Waals surface area contributed by atoms with Crippen LogP contribution in [0.3, 0.4) is 0 Å². The molecule has 0 saturated carbocycles. The Hall–Kier alpha value is -3.35. The Morgan fingerprint density at radius 2 is 1.81 bits per heavy atom. The number of carbonyl (C=O) groups excluding carboxylic acids is 3. The number of benzene rings is 2. The summed E-state index contributed by atoms with van der Waals surface area (Å²) >= 11 is 0. The Kier molecular flexibility index (Phi) is 6.63. The fraction of sp³-hybridized carbons (Fsp3) is 0.375. The molecule has 2 N–H and O–H groups in total. The van der Waals surface area contributed by atoms with Gasteiger partial charge in [0.15, 0.2) is 0 Å². The molecular formula is C24H29N3O4. The van der Waals surface area contributed by atoms with Crippen LogP contribution in [0.5, 0.6) is 5.75 Å². The van der Waals surface area contributed by atoms with Gasteiger partial charge in [0, 0.05) is 5.69 Å². The number of rotatable bonds is 8. The van der Waals surface area contributed by atoms with Crippen molar-refractivity contribution in [2.45, 2.75) is 45.1 Å². The second kappa shape index (κ2) is 9.20. The zero-order chi connectivity index (χ0) is 22.6. The minimum Gasteiger partial charge on any atom is -0.497 e. The largest absolute Gasteiger partial charge is 0.497 e. The van der Waals surface area contributed by atoms with E-state index in [0.717, 1.165) is 21.8 Å². The second-order valence-electron chi connectivity index (χ2n) is 8.29. The van der Waals surface area contributed by atoms with Gasteiger partial charge in [-0.05, 0) is 55.0 Å². The van der Waals surface area contributed by atoms with Gasteiger partial charge in [0.2, 0.25) is 5.91 Å². The van der Waals surface area contributed by atoms with Crippen LogP contribution in [0, 0.1) is 0 Å². The Bertz CT molecular complexity index is 971. The number of ether oxygens (including phenoxy) is 1. The lowest BCUT2D eigenvalue weighted by atomic mass is 9.93. The molecule has 0 bridgehead atoms. The number of para-hydroxylation sites is 1. The van der Waals surface area contributed by atoms with Gasteiger partial charge in [-0.25, -0.2) is 4.79 Å². The molecule has 4 amide bonds. The zero-order valence-electron chi connectivity index (χ0n) is 18.4. The first-order valence-electron chi connectivity index (χ1n) is 10.4. The van der Waals surface area contributed by atoms with E-state index in [1.807, 2.05) is 62.4 Å². The number of hydrogen-bond donors (Lipinski definition) is 2. The first-order chi connectivity index (χ1) is 14.7. The van der Waals surface area contributed by atoms with Crippen molar-refractivity contribution in [3.63, 3.8) is 0 Å². The molecule has 1 atom stereocenters. The van der Waals surface area contributed by atoms with E-state index in [-0.39, 0.29) is 12.5 Å². The summed E-state index contributed by atoms with van der Waals surface area (Å²) in [5.41, 5.74) is 1.67. The molecule has 1 saturated heterocycles. The van der Waals surface area contributed by atoms with Gasteiger partial charge in [-0.2, -0.15) is 0 Å². The molecule has 7 heteroatoms. The Morgan fingerprint density at radius 1 is 1.13 bits per heavy atom. The number of aryl methyl sites for hydroxylation is 1. The highest BCUT2D eigenvalue weighted by atomic mass is 16.5. The third kappa shape index (κ3) is 5.05. The average Bonchev–Trinajstić information content (AvgIpc) is 2.96. The molecule has 1 aliphatic heterocycles. The predicted octanol–water partition coefficient (Wildman–Crippen LogP) is 3.70. The summed E-state index contributed by atoms with van der Waals surface area (Å²) in [5, 5.41) is 5.59. The van der Waals surface area contributed by atoms with E-state index >= 15 is 0 Å². The number of nitrogens with zero attached hydrogens (tertiary/aromatic N) is 1. The molecule has 1 fully saturated rings. The molecule has 2 aromatic carbocycles. The fourth-order valence-electron chi connectivity index (χ4n) is 3.69. The summed E-state index contributed by atoms with van der Waals surface area (Å²) in [6.45, 7) is 5.45. The van der Waals surface area contributed by atoms with Crippen molar-refractivity contribution >= 4 is 23.5 Å². The molecule has 3 rings (SSSR count). The summed E-state index contributed by atoms with van der Waals surface area (Å²) in [5.74, 6) is 0.195. The molecule has 31 heavy (non-hydrogen) atoms. The summed E-state index contributed by atoms with van der Waals surface area (Å²) in [4.78, 5) is 39.0. The number of methoxy groups -OCH3 is 1. The van der Waals surface area contributed by atoms with E-state index in [2.05, 4.69) is 10.6 Å². The third-order valence-electron chi connectivity index (χ3n) is 5.58. The minimum absolute atomic E-state index is 0.231. The molecule has 2 aromatic rings. The maximum atomic E-state index is 13.0. The van der Waals surface area contributed by atoms with Crippen LogP contribution >= 0.6 is 0 Å². The van der Waals surface area contributed by atoms with Crippen LogP contribution in [-0.4, -0.2) is 41.9 Å². The Labute approximate surface area is 182 Å². The molecule has 0 aromatic heterocycles. The first-order valence-corrected chi connectivity index (χ1v) is 10.4. The van der Waals surface area contributed by atoms with E-state index in [1.54, 1.807) is 14.0 Å². The van der Waals surface area contributed by atoms with Gasteiger partial charge >= 0.3 is 6.03 Å². The van der Waals surface area contributed by atoms with Crippen LogP contribution in [0.2, 0.25) is 0 Å². The smallest absolute Gasteiger partial charge is 0.325 e. The predicted molar refractivity (Wildman–Crippen MR) is 119 cm³/mol. The molecule has 1 heterocycles. The maximum absolute atomic E-state index is 13.0. The van der Waals surface area contributed by atoms with E-state index in [0.29, 0.717) is 18.5 Å². The van der Waals surface area contributed by atoms with E-state index in [1.165, 1.54) is 0 Å². The molecule has 0 unspecified atom stereocenters. The van der Waals surface area contributed by atoms with E-state index < -0.39 is 23.4 Å². The molecule has 0 radical (unpaired) electrons. The number of hydrogen-bond acceptors (Lipinski definition) is 4. The number of carbonyl (C=O) groups is 3. The van der Waals surface area contributed by atoms with Crippen molar-refractivity contribution in [3.8, 4) is 5.75 Å². The number of urea groups is 1. The Balaban J connectivity index is 1.63. The van der Waals surface area contributed by atoms with Crippen LogP contribution in [0.4, 0.5) is 10.5 Å². The van der Waals surface area contributed by atoms with Crippen molar-refractivity contribution in [1.29, 1.82) is 0 Å². The van der Waals surface area contributed by atoms with E-state index in [4.69, 9.17) is 4.74 Å². The lowest BCUT2D eigenvalue weighted by Gasteiger charge is -2.21. The third-order valence-corrected chi connectivity index (χ3v) is 5.58. The molecule has 0 spiro atoms. The van der Waals surface area contributed by atoms with Crippen LogP contribution in [0.1, 0.15) is 44.2 Å². The standard InChI is InChI=1S/C24H29N3O4/c1-16(2)19-7-5-6-8-20(19)25-21(28)15-27-22(29)24(3,26-23(27)30)14-13-17-9-11-18(31-4)12-10-17/h5-12,16H,13-15H2,1-4H3,(H,25,28)(H,26,30)/t24-/m0/s1. The zero-order valence-corrected chi connectivity index (χ0v) is 18.4. The lowest BCUT2D eigenvalue weighted by molar-refractivity contribution is -0.133. The van der Waals surface area contributed by atoms with Gasteiger partial charge in [0.05, 0.1) is 7.11 Å². The number of anilines is 1. The number of imide groups is 1. The minimum atomic E-state index is -1.05. The highest BCUT2D eigenvalue weighted by molar-refractivity contribution is 6.10. The summed E-state index contributed by atoms with van der Waals surface area (Å²) in [6.07, 6.45) is 1.03. The fourth-order valence-corrected chi connectivity index (χ4v) is 3.69. The number of amides is 4. The summed E-state index contributed by atoms with van der Waals surface area (Å²) in [6, 6.07) is 14.6. The van der Waals surface area contributed by atoms with Gasteiger partial charge in [0.25, 0.3) is 5.91 Å². The van der Waals surface area contributed by atoms with Crippen molar-refractivity contribution in [3.05, 3.63) is 59.7 Å². The van der Waals surface area contributed by atoms with Gasteiger partial charge in [-0.1, -0.05) is 44.2 Å². The normalized spacial score (nSPS) is 18.3. The lowest BCUT2D eigenvalue weighted by Crippen LogP contribution is -2.45. The topological polar surface area (TPSA) is 87.7 Å². The summed E-state index contributed by atoms with van der Waals surface area (Å²) in [7, 11) is 1.61. The maximum Gasteiger partial charge on any atom is 0.325 e. The molecule has 1 aliphatic rings. The van der Waals surface area contributed by atoms with Crippen molar-refractivity contribution in [2.24, 2.45) is 0 Å². The van der Waals surface area contributed by atoms with Crippen LogP contribution in [0.15, 0.2) is 48.5 Å². The average molecular weight is 424 g/mol. The van der Waals surface area contributed by atoms with Crippen molar-refractivity contribution < 1.29 is 19.1 Å². The van der Waals surface area contributed by atoms with Crippen molar-refractivity contribution in [1.82, 2.24) is 10.2 Å². The second-order valence-corrected chi connectivity index (χ2v) is 8.29. The highest BCUT2D eigenvalue weighted by Gasteiger charge is 2.47. The van der Waals surface area contributed by atoms with E-state index in [9.17, 15) is 14.4 Å². The quantitative estimate of drug-likeness (QED) is 0.634. The Morgan fingerprint density at radius 3 is 2.45 bits per heavy atom. The monoisotopic (exact) mass is 423 g/mol. The van der Waals surface area contributed by atoms with Gasteiger partial charge < -0.3 is 15.4 Å². The SMILES string of the molecule is COc1ccc(CC[C@]2(C)NC(=O)N(CC(=O)Nc3ccccc3C(C)C)C2=O)cc1. The van der Waals surface area contributed by atoms with Gasteiger partial charge in [-0.15, -0.1) is 0 Å². The summed E-state index contributed by atoms with van der Waals surface area (Å²) < 4.78 is 5.16.